The summed E-state index contributed by atoms with van der Waals surface area (Å²) in [6, 6.07) is 15.5. The van der Waals surface area contributed by atoms with E-state index in [0.717, 1.165) is 29.4 Å². The van der Waals surface area contributed by atoms with Gasteiger partial charge in [0.05, 0.1) is 5.69 Å². The van der Waals surface area contributed by atoms with Crippen molar-refractivity contribution >= 4 is 34.3 Å². The molecule has 1 N–H and O–H groups in total. The van der Waals surface area contributed by atoms with Crippen molar-refractivity contribution in [2.24, 2.45) is 0 Å². The smallest absolute Gasteiger partial charge is 0.295 e. The number of nitrogens with one attached hydrogen (secondary N) is 1. The van der Waals surface area contributed by atoms with Crippen LogP contribution in [0.25, 0.3) is 0 Å². The molecular formula is C20H22N2O2S. The Morgan fingerprint density at radius 3 is 2.48 bits per heavy atom. The summed E-state index contributed by atoms with van der Waals surface area (Å²) >= 11 is 1.02. The molecule has 1 atom stereocenters. The summed E-state index contributed by atoms with van der Waals surface area (Å²) in [7, 11) is 0. The summed E-state index contributed by atoms with van der Waals surface area (Å²) in [5.74, 6) is -0.223. The number of carbonyl (C=O) groups excluding carboxylic acids is 2. The van der Waals surface area contributed by atoms with E-state index in [1.54, 1.807) is 6.07 Å². The number of hydrogen-bond donors (Lipinski definition) is 1. The molecule has 0 aliphatic carbocycles. The predicted molar refractivity (Wildman–Crippen MR) is 104 cm³/mol. The average Bonchev–Trinajstić information content (AvgIpc) is 2.89. The van der Waals surface area contributed by atoms with Gasteiger partial charge in [-0.25, -0.2) is 4.90 Å². The Hall–Kier alpha value is -2.27. The van der Waals surface area contributed by atoms with Crippen LogP contribution in [0, 0.1) is 6.92 Å². The maximum Gasteiger partial charge on any atom is 0.295 e. The number of imide groups is 1. The average molecular weight is 354 g/mol. The van der Waals surface area contributed by atoms with Gasteiger partial charge in [0, 0.05) is 5.69 Å². The third-order valence-electron chi connectivity index (χ3n) is 4.27. The fourth-order valence-corrected chi connectivity index (χ4v) is 3.73. The molecule has 25 heavy (non-hydrogen) atoms. The summed E-state index contributed by atoms with van der Waals surface area (Å²) in [4.78, 5) is 26.3. The molecule has 1 aliphatic heterocycles. The van der Waals surface area contributed by atoms with Gasteiger partial charge in [-0.2, -0.15) is 0 Å². The van der Waals surface area contributed by atoms with Gasteiger partial charge in [0.15, 0.2) is 5.37 Å². The molecule has 1 unspecified atom stereocenters. The highest BCUT2D eigenvalue weighted by Crippen LogP contribution is 2.34. The number of nitrogens with zero attached hydrogens (tertiary/aromatic N) is 1. The van der Waals surface area contributed by atoms with E-state index in [-0.39, 0.29) is 11.1 Å². The van der Waals surface area contributed by atoms with Crippen molar-refractivity contribution < 1.29 is 9.59 Å². The van der Waals surface area contributed by atoms with Gasteiger partial charge in [-0.15, -0.1) is 0 Å². The van der Waals surface area contributed by atoms with Crippen LogP contribution in [-0.2, 0) is 11.2 Å². The Kier molecular flexibility index (Phi) is 5.43. The molecule has 1 saturated heterocycles. The molecule has 2 aromatic rings. The van der Waals surface area contributed by atoms with E-state index >= 15 is 0 Å². The van der Waals surface area contributed by atoms with Gasteiger partial charge in [0.25, 0.3) is 11.1 Å². The molecule has 5 heteroatoms. The molecule has 2 amide bonds. The molecule has 0 spiro atoms. The quantitative estimate of drug-likeness (QED) is 0.795. The third-order valence-corrected chi connectivity index (χ3v) is 5.21. The second kappa shape index (κ2) is 7.74. The van der Waals surface area contributed by atoms with Crippen LogP contribution < -0.4 is 10.2 Å². The maximum absolute atomic E-state index is 12.7. The first-order valence-electron chi connectivity index (χ1n) is 8.56. The van der Waals surface area contributed by atoms with Crippen molar-refractivity contribution in [2.75, 3.05) is 10.2 Å². The molecule has 0 saturated carbocycles. The fourth-order valence-electron chi connectivity index (χ4n) is 2.83. The number of carbonyl (C=O) groups is 2. The zero-order chi connectivity index (χ0) is 17.8. The molecular weight excluding hydrogens is 332 g/mol. The summed E-state index contributed by atoms with van der Waals surface area (Å²) in [5, 5.41) is 2.35. The van der Waals surface area contributed by atoms with Gasteiger partial charge in [0.2, 0.25) is 0 Å². The Morgan fingerprint density at radius 2 is 1.80 bits per heavy atom. The number of hydrogen-bond acceptors (Lipinski definition) is 4. The number of para-hydroxylation sites is 1. The molecule has 0 aromatic heterocycles. The number of benzene rings is 2. The number of aryl methyl sites for hydroxylation is 2. The summed E-state index contributed by atoms with van der Waals surface area (Å²) in [6.45, 7) is 4.08. The summed E-state index contributed by atoms with van der Waals surface area (Å²) in [6.07, 6.45) is 3.40. The van der Waals surface area contributed by atoms with E-state index in [4.69, 9.17) is 0 Å². The van der Waals surface area contributed by atoms with E-state index in [1.165, 1.54) is 23.3 Å². The molecule has 0 radical (unpaired) electrons. The lowest BCUT2D eigenvalue weighted by Crippen LogP contribution is -2.34. The molecule has 3 rings (SSSR count). The van der Waals surface area contributed by atoms with E-state index in [2.05, 4.69) is 24.4 Å². The number of amides is 2. The topological polar surface area (TPSA) is 49.4 Å². The molecule has 1 aliphatic rings. The minimum atomic E-state index is -0.589. The fraction of sp³-hybridized carbons (Fsp3) is 0.300. The van der Waals surface area contributed by atoms with E-state index in [9.17, 15) is 9.59 Å². The zero-order valence-corrected chi connectivity index (χ0v) is 15.3. The van der Waals surface area contributed by atoms with Crippen molar-refractivity contribution in [1.82, 2.24) is 0 Å². The largest absolute Gasteiger partial charge is 0.365 e. The lowest BCUT2D eigenvalue weighted by Gasteiger charge is -2.17. The lowest BCUT2D eigenvalue weighted by molar-refractivity contribution is -0.116. The molecule has 2 aromatic carbocycles. The normalized spacial score (nSPS) is 17.2. The van der Waals surface area contributed by atoms with Gasteiger partial charge in [-0.1, -0.05) is 43.7 Å². The standard InChI is InChI=1S/C20H22N2O2S/c1-3-4-8-15-10-12-16(13-11-15)21-18-19(23)22(20(24)25-18)17-9-6-5-7-14(17)2/h5-7,9-13,18,21H,3-4,8H2,1-2H3. The van der Waals surface area contributed by atoms with Gasteiger partial charge in [-0.05, 0) is 60.9 Å². The molecule has 1 fully saturated rings. The Labute approximate surface area is 152 Å². The van der Waals surface area contributed by atoms with Crippen molar-refractivity contribution in [2.45, 2.75) is 38.5 Å². The first-order chi connectivity index (χ1) is 12.1. The minimum Gasteiger partial charge on any atom is -0.365 e. The van der Waals surface area contributed by atoms with Gasteiger partial charge < -0.3 is 5.32 Å². The Balaban J connectivity index is 1.71. The Bertz CT molecular complexity index is 774. The third kappa shape index (κ3) is 3.87. The lowest BCUT2D eigenvalue weighted by atomic mass is 10.1. The van der Waals surface area contributed by atoms with Gasteiger partial charge in [0.1, 0.15) is 0 Å². The minimum absolute atomic E-state index is 0.223. The number of unbranched alkanes of at least 4 members (excludes halogenated alkanes) is 1. The molecule has 130 valence electrons. The molecule has 0 bridgehead atoms. The zero-order valence-electron chi connectivity index (χ0n) is 14.5. The first-order valence-corrected chi connectivity index (χ1v) is 9.44. The van der Waals surface area contributed by atoms with Crippen LogP contribution in [-0.4, -0.2) is 16.5 Å². The highest BCUT2D eigenvalue weighted by Gasteiger charge is 2.41. The van der Waals surface area contributed by atoms with Crippen LogP contribution in [0.2, 0.25) is 0 Å². The van der Waals surface area contributed by atoms with Crippen molar-refractivity contribution in [3.8, 4) is 0 Å². The first kappa shape index (κ1) is 17.5. The van der Waals surface area contributed by atoms with Crippen molar-refractivity contribution in [1.29, 1.82) is 0 Å². The van der Waals surface area contributed by atoms with Crippen molar-refractivity contribution in [3.05, 3.63) is 59.7 Å². The van der Waals surface area contributed by atoms with E-state index < -0.39 is 5.37 Å². The maximum atomic E-state index is 12.7. The number of rotatable bonds is 6. The number of anilines is 2. The van der Waals surface area contributed by atoms with Crippen LogP contribution >= 0.6 is 11.8 Å². The van der Waals surface area contributed by atoms with Crippen LogP contribution in [0.15, 0.2) is 48.5 Å². The second-order valence-corrected chi connectivity index (χ2v) is 7.23. The van der Waals surface area contributed by atoms with Gasteiger partial charge in [-0.3, -0.25) is 9.59 Å². The SMILES string of the molecule is CCCCc1ccc(NC2SC(=O)N(c3ccccc3C)C2=O)cc1. The molecule has 4 nitrogen and oxygen atoms in total. The summed E-state index contributed by atoms with van der Waals surface area (Å²) in [5.41, 5.74) is 3.70. The second-order valence-electron chi connectivity index (χ2n) is 6.17. The monoisotopic (exact) mass is 354 g/mol. The van der Waals surface area contributed by atoms with E-state index in [1.807, 2.05) is 37.3 Å². The highest BCUT2D eigenvalue weighted by atomic mass is 32.2. The molecule has 1 heterocycles. The van der Waals surface area contributed by atoms with Crippen molar-refractivity contribution in [3.63, 3.8) is 0 Å². The Morgan fingerprint density at radius 1 is 1.08 bits per heavy atom. The predicted octanol–water partition coefficient (Wildman–Crippen LogP) is 4.98. The van der Waals surface area contributed by atoms with E-state index in [0.29, 0.717) is 5.69 Å². The number of thioether (sulfide) groups is 1. The van der Waals surface area contributed by atoms with Crippen LogP contribution in [0.3, 0.4) is 0 Å². The van der Waals surface area contributed by atoms with Crippen LogP contribution in [0.5, 0.6) is 0 Å². The van der Waals surface area contributed by atoms with Crippen LogP contribution in [0.4, 0.5) is 16.2 Å². The highest BCUT2D eigenvalue weighted by molar-refractivity contribution is 8.16. The summed E-state index contributed by atoms with van der Waals surface area (Å²) < 4.78 is 0. The van der Waals surface area contributed by atoms with Gasteiger partial charge >= 0.3 is 0 Å². The van der Waals surface area contributed by atoms with Crippen LogP contribution in [0.1, 0.15) is 30.9 Å².